The molecule has 370 valence electrons. The molecule has 0 spiro atoms. The van der Waals surface area contributed by atoms with Gasteiger partial charge in [-0.2, -0.15) is 0 Å². The minimum Gasteiger partial charge on any atom is -0.394 e. The van der Waals surface area contributed by atoms with Crippen LogP contribution < -0.4 is 5.32 Å². The van der Waals surface area contributed by atoms with Crippen molar-refractivity contribution in [2.45, 2.75) is 347 Å². The van der Waals surface area contributed by atoms with E-state index in [0.29, 0.717) is 6.42 Å². The summed E-state index contributed by atoms with van der Waals surface area (Å²) in [7, 11) is 0. The number of amides is 1. The molecule has 0 heterocycles. The third-order valence-corrected chi connectivity index (χ3v) is 13.8. The average molecular weight is 875 g/mol. The molecule has 3 N–H and O–H groups in total. The number of aliphatic hydroxyl groups is 2. The van der Waals surface area contributed by atoms with E-state index in [1.165, 1.54) is 289 Å². The maximum atomic E-state index is 12.4. The Hall–Kier alpha value is -0.870. The van der Waals surface area contributed by atoms with Gasteiger partial charge in [0.05, 0.1) is 18.8 Å². The molecular weight excluding hydrogens is 759 g/mol. The van der Waals surface area contributed by atoms with Gasteiger partial charge < -0.3 is 15.5 Å². The van der Waals surface area contributed by atoms with Crippen LogP contribution in [-0.2, 0) is 4.79 Å². The maximum Gasteiger partial charge on any atom is 0.220 e. The lowest BCUT2D eigenvalue weighted by Crippen LogP contribution is -2.45. The third-order valence-electron chi connectivity index (χ3n) is 13.8. The molecule has 0 aromatic carbocycles. The van der Waals surface area contributed by atoms with Crippen LogP contribution in [0.25, 0.3) is 0 Å². The molecular formula is C58H115NO3. The second-order valence-corrected chi connectivity index (χ2v) is 20.1. The van der Waals surface area contributed by atoms with E-state index in [0.717, 1.165) is 25.7 Å². The fourth-order valence-electron chi connectivity index (χ4n) is 9.36. The van der Waals surface area contributed by atoms with Gasteiger partial charge >= 0.3 is 0 Å². The van der Waals surface area contributed by atoms with Crippen molar-refractivity contribution in [3.8, 4) is 0 Å². The number of allylic oxidation sites excluding steroid dienone is 1. The van der Waals surface area contributed by atoms with Crippen LogP contribution in [0.1, 0.15) is 335 Å². The molecule has 4 heteroatoms. The summed E-state index contributed by atoms with van der Waals surface area (Å²) in [5.41, 5.74) is 0. The highest BCUT2D eigenvalue weighted by Crippen LogP contribution is 2.18. The lowest BCUT2D eigenvalue weighted by atomic mass is 10.0. The highest BCUT2D eigenvalue weighted by molar-refractivity contribution is 5.76. The van der Waals surface area contributed by atoms with Gasteiger partial charge in [-0.1, -0.05) is 321 Å². The average Bonchev–Trinajstić information content (AvgIpc) is 3.28. The number of carbonyl (C=O) groups is 1. The summed E-state index contributed by atoms with van der Waals surface area (Å²) in [6.45, 7) is 4.32. The SMILES string of the molecule is CCCCCCCCCC/C=C/C(O)C(CO)NC(=O)CCCCCCCCCCCCCCCCCCCCCCCCCCCCCCCCCCCCCCCCCC. The molecule has 0 fully saturated rings. The Kier molecular flexibility index (Phi) is 53.7. The van der Waals surface area contributed by atoms with Crippen molar-refractivity contribution in [3.63, 3.8) is 0 Å². The number of hydrogen-bond acceptors (Lipinski definition) is 3. The molecule has 0 bridgehead atoms. The highest BCUT2D eigenvalue weighted by Gasteiger charge is 2.18. The van der Waals surface area contributed by atoms with Crippen molar-refractivity contribution in [3.05, 3.63) is 12.2 Å². The van der Waals surface area contributed by atoms with Crippen molar-refractivity contribution in [2.24, 2.45) is 0 Å². The Morgan fingerprint density at radius 2 is 0.597 bits per heavy atom. The summed E-state index contributed by atoms with van der Waals surface area (Å²) in [4.78, 5) is 12.4. The zero-order valence-corrected chi connectivity index (χ0v) is 42.7. The van der Waals surface area contributed by atoms with Crippen LogP contribution in [0.5, 0.6) is 0 Å². The van der Waals surface area contributed by atoms with Gasteiger partial charge in [-0.25, -0.2) is 0 Å². The van der Waals surface area contributed by atoms with E-state index in [-0.39, 0.29) is 12.5 Å². The molecule has 2 unspecified atom stereocenters. The zero-order valence-electron chi connectivity index (χ0n) is 42.7. The van der Waals surface area contributed by atoms with Gasteiger partial charge in [0, 0.05) is 6.42 Å². The first kappa shape index (κ1) is 61.1. The standard InChI is InChI=1S/C58H115NO3/c1-3-5-7-9-11-13-15-16-17-18-19-20-21-22-23-24-25-26-27-28-29-30-31-32-33-34-35-36-37-38-39-40-41-42-43-44-46-48-50-52-54-58(62)59-56(55-60)57(61)53-51-49-47-45-14-12-10-8-6-4-2/h51,53,56-57,60-61H,3-50,52,54-55H2,1-2H3,(H,59,62)/b53-51+. The Morgan fingerprint density at radius 1 is 0.371 bits per heavy atom. The van der Waals surface area contributed by atoms with Crippen LogP contribution in [0.15, 0.2) is 12.2 Å². The Morgan fingerprint density at radius 3 is 0.839 bits per heavy atom. The molecule has 62 heavy (non-hydrogen) atoms. The van der Waals surface area contributed by atoms with Crippen molar-refractivity contribution in [2.75, 3.05) is 6.61 Å². The van der Waals surface area contributed by atoms with E-state index in [1.54, 1.807) is 6.08 Å². The molecule has 4 nitrogen and oxygen atoms in total. The molecule has 0 rings (SSSR count). The fraction of sp³-hybridized carbons (Fsp3) is 0.948. The van der Waals surface area contributed by atoms with Crippen molar-refractivity contribution < 1.29 is 15.0 Å². The Bertz CT molecular complexity index is 860. The van der Waals surface area contributed by atoms with Crippen molar-refractivity contribution in [1.82, 2.24) is 5.32 Å². The lowest BCUT2D eigenvalue weighted by molar-refractivity contribution is -0.123. The molecule has 0 aromatic heterocycles. The number of hydrogen-bond donors (Lipinski definition) is 3. The maximum absolute atomic E-state index is 12.4. The molecule has 0 saturated heterocycles. The van der Waals surface area contributed by atoms with E-state index in [2.05, 4.69) is 19.2 Å². The van der Waals surface area contributed by atoms with E-state index in [4.69, 9.17) is 0 Å². The fourth-order valence-corrected chi connectivity index (χ4v) is 9.36. The smallest absolute Gasteiger partial charge is 0.220 e. The van der Waals surface area contributed by atoms with Gasteiger partial charge in [-0.05, 0) is 19.3 Å². The summed E-state index contributed by atoms with van der Waals surface area (Å²) in [6.07, 6.45) is 71.3. The molecule has 0 aliphatic rings. The minimum absolute atomic E-state index is 0.0590. The summed E-state index contributed by atoms with van der Waals surface area (Å²) in [5.74, 6) is -0.0590. The van der Waals surface area contributed by atoms with Crippen LogP contribution in [0.3, 0.4) is 0 Å². The van der Waals surface area contributed by atoms with Crippen LogP contribution in [0.2, 0.25) is 0 Å². The minimum atomic E-state index is -0.833. The van der Waals surface area contributed by atoms with Gasteiger partial charge in [0.25, 0.3) is 0 Å². The summed E-state index contributed by atoms with van der Waals surface area (Å²) in [6, 6.07) is -0.616. The third kappa shape index (κ3) is 50.1. The van der Waals surface area contributed by atoms with Gasteiger partial charge in [0.1, 0.15) is 0 Å². The van der Waals surface area contributed by atoms with Crippen LogP contribution in [-0.4, -0.2) is 34.9 Å². The quantitative estimate of drug-likeness (QED) is 0.0421. The largest absolute Gasteiger partial charge is 0.394 e. The van der Waals surface area contributed by atoms with E-state index in [9.17, 15) is 15.0 Å². The molecule has 0 aromatic rings. The molecule has 0 saturated carbocycles. The predicted molar refractivity (Wildman–Crippen MR) is 276 cm³/mol. The van der Waals surface area contributed by atoms with Crippen molar-refractivity contribution >= 4 is 5.91 Å². The van der Waals surface area contributed by atoms with E-state index in [1.807, 2.05) is 6.08 Å². The first-order valence-corrected chi connectivity index (χ1v) is 28.9. The molecule has 0 radical (unpaired) electrons. The first-order chi connectivity index (χ1) is 30.7. The molecule has 0 aliphatic carbocycles. The second kappa shape index (κ2) is 54.5. The number of aliphatic hydroxyl groups excluding tert-OH is 2. The summed E-state index contributed by atoms with van der Waals surface area (Å²) >= 11 is 0. The molecule has 1 amide bonds. The lowest BCUT2D eigenvalue weighted by Gasteiger charge is -2.20. The monoisotopic (exact) mass is 874 g/mol. The number of rotatable bonds is 54. The van der Waals surface area contributed by atoms with Crippen LogP contribution in [0.4, 0.5) is 0 Å². The Balaban J connectivity index is 3.30. The number of nitrogens with one attached hydrogen (secondary N) is 1. The van der Waals surface area contributed by atoms with E-state index < -0.39 is 12.1 Å². The first-order valence-electron chi connectivity index (χ1n) is 28.9. The Labute approximate surface area is 390 Å². The topological polar surface area (TPSA) is 69.6 Å². The summed E-state index contributed by atoms with van der Waals surface area (Å²) in [5, 5.41) is 23.0. The van der Waals surface area contributed by atoms with Gasteiger partial charge in [-0.15, -0.1) is 0 Å². The van der Waals surface area contributed by atoms with Gasteiger partial charge in [-0.3, -0.25) is 4.79 Å². The zero-order chi connectivity index (χ0) is 44.9. The van der Waals surface area contributed by atoms with Gasteiger partial charge in [0.15, 0.2) is 0 Å². The highest BCUT2D eigenvalue weighted by atomic mass is 16.3. The van der Waals surface area contributed by atoms with Gasteiger partial charge in [0.2, 0.25) is 5.91 Å². The number of unbranched alkanes of at least 4 members (excludes halogenated alkanes) is 47. The number of carbonyl (C=O) groups excluding carboxylic acids is 1. The van der Waals surface area contributed by atoms with Crippen LogP contribution >= 0.6 is 0 Å². The second-order valence-electron chi connectivity index (χ2n) is 20.1. The normalized spacial score (nSPS) is 12.8. The molecule has 2 atom stereocenters. The predicted octanol–water partition coefficient (Wildman–Crippen LogP) is 18.9. The van der Waals surface area contributed by atoms with E-state index >= 15 is 0 Å². The van der Waals surface area contributed by atoms with Crippen LogP contribution in [0, 0.1) is 0 Å². The molecule has 0 aliphatic heterocycles. The summed E-state index contributed by atoms with van der Waals surface area (Å²) < 4.78 is 0. The van der Waals surface area contributed by atoms with Crippen molar-refractivity contribution in [1.29, 1.82) is 0 Å².